The van der Waals surface area contributed by atoms with Crippen LogP contribution < -0.4 is 0 Å². The zero-order valence-corrected chi connectivity index (χ0v) is 7.17. The zero-order valence-electron chi connectivity index (χ0n) is 7.17. The van der Waals surface area contributed by atoms with E-state index in [-0.39, 0.29) is 18.4 Å². The van der Waals surface area contributed by atoms with Crippen molar-refractivity contribution >= 4 is 0 Å². The van der Waals surface area contributed by atoms with Crippen molar-refractivity contribution in [2.45, 2.75) is 19.0 Å². The van der Waals surface area contributed by atoms with Gasteiger partial charge in [0.2, 0.25) is 0 Å². The molecule has 0 saturated carbocycles. The van der Waals surface area contributed by atoms with Crippen molar-refractivity contribution in [1.29, 1.82) is 5.26 Å². The summed E-state index contributed by atoms with van der Waals surface area (Å²) in [6, 6.07) is 2.72. The molecule has 0 aliphatic rings. The molecule has 0 aromatic carbocycles. The first-order valence-corrected chi connectivity index (χ1v) is 3.92. The van der Waals surface area contributed by atoms with Crippen LogP contribution in [0.5, 0.6) is 0 Å². The molecule has 74 valence electrons. The average molecular weight is 200 g/mol. The predicted octanol–water partition coefficient (Wildman–Crippen LogP) is 2.56. The minimum atomic E-state index is -4.37. The van der Waals surface area contributed by atoms with E-state index in [1.165, 1.54) is 0 Å². The standard InChI is InChI=1S/C9H7F3N2/c10-9(11,12)8-3-5-14-6-7(8)2-1-4-13/h3,5-6H,1-2H2. The lowest BCUT2D eigenvalue weighted by molar-refractivity contribution is -0.138. The number of halogens is 3. The van der Waals surface area contributed by atoms with Crippen LogP contribution in [0.15, 0.2) is 18.5 Å². The van der Waals surface area contributed by atoms with Gasteiger partial charge in [-0.25, -0.2) is 0 Å². The molecule has 0 fully saturated rings. The Kier molecular flexibility index (Phi) is 3.07. The van der Waals surface area contributed by atoms with Crippen LogP contribution in [-0.4, -0.2) is 4.98 Å². The molecule has 0 aliphatic carbocycles. The Hall–Kier alpha value is -1.57. The number of alkyl halides is 3. The Morgan fingerprint density at radius 3 is 2.71 bits per heavy atom. The molecule has 1 rings (SSSR count). The SMILES string of the molecule is N#CCCc1cnccc1C(F)(F)F. The molecule has 14 heavy (non-hydrogen) atoms. The second-order valence-electron chi connectivity index (χ2n) is 2.69. The maximum Gasteiger partial charge on any atom is 0.416 e. The van der Waals surface area contributed by atoms with Crippen molar-refractivity contribution in [2.75, 3.05) is 0 Å². The second kappa shape index (κ2) is 4.09. The number of hydrogen-bond donors (Lipinski definition) is 0. The molecule has 1 aromatic rings. The summed E-state index contributed by atoms with van der Waals surface area (Å²) in [5.41, 5.74) is -0.635. The fourth-order valence-electron chi connectivity index (χ4n) is 1.09. The van der Waals surface area contributed by atoms with E-state index in [1.807, 2.05) is 0 Å². The van der Waals surface area contributed by atoms with Crippen LogP contribution in [0, 0.1) is 11.3 Å². The van der Waals surface area contributed by atoms with E-state index in [2.05, 4.69) is 4.98 Å². The highest BCUT2D eigenvalue weighted by Gasteiger charge is 2.32. The second-order valence-corrected chi connectivity index (χ2v) is 2.69. The van der Waals surface area contributed by atoms with Gasteiger partial charge < -0.3 is 0 Å². The summed E-state index contributed by atoms with van der Waals surface area (Å²) < 4.78 is 37.1. The molecule has 0 radical (unpaired) electrons. The Morgan fingerprint density at radius 2 is 2.14 bits per heavy atom. The van der Waals surface area contributed by atoms with Crippen LogP contribution in [0.4, 0.5) is 13.2 Å². The molecular weight excluding hydrogens is 193 g/mol. The topological polar surface area (TPSA) is 36.7 Å². The number of rotatable bonds is 2. The minimum absolute atomic E-state index is 0.0643. The lowest BCUT2D eigenvalue weighted by Gasteiger charge is -2.10. The van der Waals surface area contributed by atoms with Gasteiger partial charge in [0, 0.05) is 18.8 Å². The first-order valence-electron chi connectivity index (χ1n) is 3.92. The maximum atomic E-state index is 12.4. The highest BCUT2D eigenvalue weighted by atomic mass is 19.4. The van der Waals surface area contributed by atoms with Crippen LogP contribution in [0.1, 0.15) is 17.5 Å². The molecule has 1 aromatic heterocycles. The molecule has 0 amide bonds. The fraction of sp³-hybridized carbons (Fsp3) is 0.333. The summed E-state index contributed by atoms with van der Waals surface area (Å²) in [6.45, 7) is 0. The number of aryl methyl sites for hydroxylation is 1. The van der Waals surface area contributed by atoms with E-state index in [9.17, 15) is 13.2 Å². The highest BCUT2D eigenvalue weighted by Crippen LogP contribution is 2.31. The van der Waals surface area contributed by atoms with Crippen LogP contribution >= 0.6 is 0 Å². The predicted molar refractivity (Wildman–Crippen MR) is 43.2 cm³/mol. The van der Waals surface area contributed by atoms with E-state index in [0.717, 1.165) is 18.5 Å². The van der Waals surface area contributed by atoms with E-state index < -0.39 is 11.7 Å². The lowest BCUT2D eigenvalue weighted by atomic mass is 10.1. The van der Waals surface area contributed by atoms with Crippen LogP contribution in [0.3, 0.4) is 0 Å². The number of pyridine rings is 1. The van der Waals surface area contributed by atoms with Crippen LogP contribution in [0.2, 0.25) is 0 Å². The summed E-state index contributed by atoms with van der Waals surface area (Å²) in [4.78, 5) is 3.60. The van der Waals surface area contributed by atoms with Crippen LogP contribution in [-0.2, 0) is 12.6 Å². The highest BCUT2D eigenvalue weighted by molar-refractivity contribution is 5.26. The molecule has 5 heteroatoms. The van der Waals surface area contributed by atoms with Crippen molar-refractivity contribution in [3.63, 3.8) is 0 Å². The first-order chi connectivity index (χ1) is 6.55. The fourth-order valence-corrected chi connectivity index (χ4v) is 1.09. The average Bonchev–Trinajstić information content (AvgIpc) is 2.14. The molecule has 1 heterocycles. The van der Waals surface area contributed by atoms with E-state index in [4.69, 9.17) is 5.26 Å². The normalized spacial score (nSPS) is 11.0. The Bertz CT molecular complexity index is 352. The summed E-state index contributed by atoms with van der Waals surface area (Å²) in [7, 11) is 0. The van der Waals surface area contributed by atoms with Gasteiger partial charge in [-0.2, -0.15) is 18.4 Å². The molecular formula is C9H7F3N2. The van der Waals surface area contributed by atoms with Gasteiger partial charge in [-0.1, -0.05) is 0 Å². The minimum Gasteiger partial charge on any atom is -0.264 e. The Morgan fingerprint density at radius 1 is 1.43 bits per heavy atom. The molecule has 0 bridgehead atoms. The van der Waals surface area contributed by atoms with Gasteiger partial charge >= 0.3 is 6.18 Å². The summed E-state index contributed by atoms with van der Waals surface area (Å²) in [6.07, 6.45) is -1.97. The Balaban J connectivity index is 2.99. The third kappa shape index (κ3) is 2.46. The first kappa shape index (κ1) is 10.5. The summed E-state index contributed by atoms with van der Waals surface area (Å²) >= 11 is 0. The van der Waals surface area contributed by atoms with Crippen molar-refractivity contribution < 1.29 is 13.2 Å². The van der Waals surface area contributed by atoms with Crippen molar-refractivity contribution in [1.82, 2.24) is 4.98 Å². The number of nitriles is 1. The molecule has 0 unspecified atom stereocenters. The van der Waals surface area contributed by atoms with E-state index in [1.54, 1.807) is 6.07 Å². The van der Waals surface area contributed by atoms with E-state index >= 15 is 0 Å². The number of nitrogens with zero attached hydrogens (tertiary/aromatic N) is 2. The van der Waals surface area contributed by atoms with Gasteiger partial charge in [-0.3, -0.25) is 4.98 Å². The van der Waals surface area contributed by atoms with Gasteiger partial charge in [-0.15, -0.1) is 0 Å². The van der Waals surface area contributed by atoms with Gasteiger partial charge in [0.1, 0.15) is 0 Å². The largest absolute Gasteiger partial charge is 0.416 e. The molecule has 0 saturated heterocycles. The van der Waals surface area contributed by atoms with Gasteiger partial charge in [0.15, 0.2) is 0 Å². The summed E-state index contributed by atoms with van der Waals surface area (Å²) in [5.74, 6) is 0. The summed E-state index contributed by atoms with van der Waals surface area (Å²) in [5, 5.41) is 8.27. The molecule has 0 atom stereocenters. The molecule has 0 spiro atoms. The van der Waals surface area contributed by atoms with Crippen LogP contribution in [0.25, 0.3) is 0 Å². The third-order valence-electron chi connectivity index (χ3n) is 1.72. The lowest BCUT2D eigenvalue weighted by Crippen LogP contribution is -2.09. The number of hydrogen-bond acceptors (Lipinski definition) is 2. The quantitative estimate of drug-likeness (QED) is 0.735. The molecule has 2 nitrogen and oxygen atoms in total. The monoisotopic (exact) mass is 200 g/mol. The smallest absolute Gasteiger partial charge is 0.264 e. The van der Waals surface area contributed by atoms with Gasteiger partial charge in [-0.05, 0) is 18.1 Å². The van der Waals surface area contributed by atoms with Crippen molar-refractivity contribution in [3.8, 4) is 6.07 Å². The van der Waals surface area contributed by atoms with Crippen molar-refractivity contribution in [3.05, 3.63) is 29.6 Å². The zero-order chi connectivity index (χ0) is 10.6. The Labute approximate surface area is 79.0 Å². The third-order valence-corrected chi connectivity index (χ3v) is 1.72. The van der Waals surface area contributed by atoms with Gasteiger partial charge in [0.25, 0.3) is 0 Å². The molecule has 0 N–H and O–H groups in total. The van der Waals surface area contributed by atoms with Gasteiger partial charge in [0.05, 0.1) is 11.6 Å². The maximum absolute atomic E-state index is 12.4. The molecule has 0 aliphatic heterocycles. The van der Waals surface area contributed by atoms with E-state index in [0.29, 0.717) is 0 Å². The number of aromatic nitrogens is 1. The van der Waals surface area contributed by atoms with Crippen molar-refractivity contribution in [2.24, 2.45) is 0 Å².